The van der Waals surface area contributed by atoms with Crippen molar-refractivity contribution < 1.29 is 0 Å². The smallest absolute Gasteiger partial charge is 0.257 e. The SMILES string of the molecule is CNc1nc(Sc2ncc(C)cn2)nc(-n2cncn2)n1. The standard InChI is InChI=1S/C11H11N9S/c1-7-3-14-10(15-4-7)21-11-18-8(12-2)17-9(19-11)20-6-13-5-16-20/h3-6H,1-2H3,(H,12,17,18,19). The average molecular weight is 301 g/mol. The predicted molar refractivity (Wildman–Crippen MR) is 75.2 cm³/mol. The van der Waals surface area contributed by atoms with E-state index >= 15 is 0 Å². The van der Waals surface area contributed by atoms with Gasteiger partial charge in [-0.1, -0.05) is 0 Å². The zero-order valence-corrected chi connectivity index (χ0v) is 12.1. The molecule has 0 aliphatic heterocycles. The fraction of sp³-hybridized carbons (Fsp3) is 0.182. The Labute approximate surface area is 124 Å². The summed E-state index contributed by atoms with van der Waals surface area (Å²) < 4.78 is 1.46. The van der Waals surface area contributed by atoms with E-state index in [4.69, 9.17) is 0 Å². The summed E-state index contributed by atoms with van der Waals surface area (Å²) in [4.78, 5) is 25.1. The van der Waals surface area contributed by atoms with Gasteiger partial charge >= 0.3 is 0 Å². The van der Waals surface area contributed by atoms with E-state index in [0.29, 0.717) is 22.2 Å². The molecule has 0 saturated heterocycles. The molecule has 0 aliphatic carbocycles. The zero-order chi connectivity index (χ0) is 14.7. The lowest BCUT2D eigenvalue weighted by atomic mass is 10.4. The van der Waals surface area contributed by atoms with Gasteiger partial charge in [-0.25, -0.2) is 15.0 Å². The molecular formula is C11H11N9S. The lowest BCUT2D eigenvalue weighted by molar-refractivity contribution is 0.759. The van der Waals surface area contributed by atoms with Crippen molar-refractivity contribution in [1.29, 1.82) is 0 Å². The molecule has 0 unspecified atom stereocenters. The topological polar surface area (TPSA) is 107 Å². The number of nitrogens with one attached hydrogen (secondary N) is 1. The summed E-state index contributed by atoms with van der Waals surface area (Å²) in [6.45, 7) is 1.93. The van der Waals surface area contributed by atoms with E-state index in [-0.39, 0.29) is 0 Å². The van der Waals surface area contributed by atoms with Crippen LogP contribution in [0.25, 0.3) is 5.95 Å². The molecule has 0 atom stereocenters. The van der Waals surface area contributed by atoms with Crippen molar-refractivity contribution in [2.45, 2.75) is 17.2 Å². The number of anilines is 1. The Kier molecular flexibility index (Phi) is 3.69. The summed E-state index contributed by atoms with van der Waals surface area (Å²) in [5, 5.41) is 7.94. The minimum atomic E-state index is 0.376. The van der Waals surface area contributed by atoms with Crippen molar-refractivity contribution in [2.75, 3.05) is 12.4 Å². The summed E-state index contributed by atoms with van der Waals surface area (Å²) >= 11 is 1.25. The molecular weight excluding hydrogens is 290 g/mol. The number of nitrogens with zero attached hydrogens (tertiary/aromatic N) is 8. The zero-order valence-electron chi connectivity index (χ0n) is 11.3. The van der Waals surface area contributed by atoms with Crippen LogP contribution in [0.5, 0.6) is 0 Å². The summed E-state index contributed by atoms with van der Waals surface area (Å²) in [7, 11) is 1.73. The van der Waals surface area contributed by atoms with Crippen LogP contribution in [-0.2, 0) is 0 Å². The second-order valence-corrected chi connectivity index (χ2v) is 4.91. The number of hydrogen-bond acceptors (Lipinski definition) is 9. The maximum Gasteiger partial charge on any atom is 0.257 e. The first-order chi connectivity index (χ1) is 10.2. The molecule has 21 heavy (non-hydrogen) atoms. The van der Waals surface area contributed by atoms with Gasteiger partial charge in [0.25, 0.3) is 5.95 Å². The quantitative estimate of drug-likeness (QED) is 0.698. The van der Waals surface area contributed by atoms with Crippen LogP contribution in [0.3, 0.4) is 0 Å². The minimum Gasteiger partial charge on any atom is -0.357 e. The molecule has 3 heterocycles. The van der Waals surface area contributed by atoms with E-state index in [1.54, 1.807) is 19.4 Å². The molecule has 0 amide bonds. The third-order valence-corrected chi connectivity index (χ3v) is 3.15. The molecule has 9 nitrogen and oxygen atoms in total. The molecule has 0 radical (unpaired) electrons. The van der Waals surface area contributed by atoms with Gasteiger partial charge in [-0.3, -0.25) is 0 Å². The number of aryl methyl sites for hydroxylation is 1. The molecule has 0 spiro atoms. The highest BCUT2D eigenvalue weighted by Crippen LogP contribution is 2.21. The van der Waals surface area contributed by atoms with Crippen LogP contribution >= 0.6 is 11.8 Å². The van der Waals surface area contributed by atoms with Gasteiger partial charge in [0.2, 0.25) is 11.1 Å². The van der Waals surface area contributed by atoms with Crippen LogP contribution in [-0.4, -0.2) is 46.7 Å². The molecule has 106 valence electrons. The van der Waals surface area contributed by atoms with Gasteiger partial charge in [-0.15, -0.1) is 0 Å². The maximum absolute atomic E-state index is 4.32. The van der Waals surface area contributed by atoms with Crippen molar-refractivity contribution >= 4 is 17.7 Å². The first kappa shape index (κ1) is 13.4. The third-order valence-electron chi connectivity index (χ3n) is 2.39. The Hall–Kier alpha value is -2.62. The minimum absolute atomic E-state index is 0.376. The van der Waals surface area contributed by atoms with Crippen molar-refractivity contribution in [3.8, 4) is 5.95 Å². The second-order valence-electron chi connectivity index (χ2n) is 3.98. The number of rotatable bonds is 4. The molecule has 3 aromatic heterocycles. The van der Waals surface area contributed by atoms with E-state index in [2.05, 4.69) is 40.3 Å². The van der Waals surface area contributed by atoms with Crippen LogP contribution in [0, 0.1) is 6.92 Å². The first-order valence-electron chi connectivity index (χ1n) is 6.00. The molecule has 1 N–H and O–H groups in total. The van der Waals surface area contributed by atoms with E-state index in [9.17, 15) is 0 Å². The van der Waals surface area contributed by atoms with E-state index < -0.39 is 0 Å². The highest BCUT2D eigenvalue weighted by Gasteiger charge is 2.10. The number of aromatic nitrogens is 8. The van der Waals surface area contributed by atoms with Crippen molar-refractivity contribution in [2.24, 2.45) is 0 Å². The molecule has 0 fully saturated rings. The summed E-state index contributed by atoms with van der Waals surface area (Å²) in [5.74, 6) is 0.812. The molecule has 0 bridgehead atoms. The highest BCUT2D eigenvalue weighted by molar-refractivity contribution is 7.99. The first-order valence-corrected chi connectivity index (χ1v) is 6.81. The summed E-state index contributed by atoms with van der Waals surface area (Å²) in [6, 6.07) is 0. The van der Waals surface area contributed by atoms with Crippen LogP contribution in [0.15, 0.2) is 35.4 Å². The molecule has 0 saturated carbocycles. The van der Waals surface area contributed by atoms with Gasteiger partial charge in [-0.2, -0.15) is 24.7 Å². The largest absolute Gasteiger partial charge is 0.357 e. The third kappa shape index (κ3) is 3.11. The van der Waals surface area contributed by atoms with Gasteiger partial charge in [0.05, 0.1) is 0 Å². The van der Waals surface area contributed by atoms with Gasteiger partial charge in [0.1, 0.15) is 12.7 Å². The Bertz CT molecular complexity index is 726. The molecule has 3 rings (SSSR count). The fourth-order valence-corrected chi connectivity index (χ4v) is 2.07. The predicted octanol–water partition coefficient (Wildman–Crippen LogP) is 0.744. The van der Waals surface area contributed by atoms with Crippen molar-refractivity contribution in [3.05, 3.63) is 30.6 Å². The highest BCUT2D eigenvalue weighted by atomic mass is 32.2. The Morgan fingerprint density at radius 3 is 2.57 bits per heavy atom. The molecule has 10 heteroatoms. The normalized spacial score (nSPS) is 10.6. The summed E-state index contributed by atoms with van der Waals surface area (Å²) in [5.41, 5.74) is 0.995. The summed E-state index contributed by atoms with van der Waals surface area (Å²) in [6.07, 6.45) is 6.42. The molecule has 0 aromatic carbocycles. The van der Waals surface area contributed by atoms with Crippen molar-refractivity contribution in [1.82, 2.24) is 39.7 Å². The van der Waals surface area contributed by atoms with Crippen LogP contribution < -0.4 is 5.32 Å². The lowest BCUT2D eigenvalue weighted by Crippen LogP contribution is -2.08. The van der Waals surface area contributed by atoms with Crippen molar-refractivity contribution in [3.63, 3.8) is 0 Å². The second kappa shape index (κ2) is 5.79. The van der Waals surface area contributed by atoms with Gasteiger partial charge in [-0.05, 0) is 24.2 Å². The Morgan fingerprint density at radius 2 is 1.90 bits per heavy atom. The van der Waals surface area contributed by atoms with E-state index in [0.717, 1.165) is 5.56 Å². The Balaban J connectivity index is 1.94. The van der Waals surface area contributed by atoms with Crippen LogP contribution in [0.2, 0.25) is 0 Å². The van der Waals surface area contributed by atoms with Gasteiger partial charge in [0, 0.05) is 19.4 Å². The van der Waals surface area contributed by atoms with Crippen LogP contribution in [0.1, 0.15) is 5.56 Å². The fourth-order valence-electron chi connectivity index (χ4n) is 1.43. The van der Waals surface area contributed by atoms with Gasteiger partial charge in [0.15, 0.2) is 5.16 Å². The lowest BCUT2D eigenvalue weighted by Gasteiger charge is -2.05. The van der Waals surface area contributed by atoms with Crippen LogP contribution in [0.4, 0.5) is 5.95 Å². The molecule has 3 aromatic rings. The van der Waals surface area contributed by atoms with E-state index in [1.165, 1.54) is 29.1 Å². The average Bonchev–Trinajstić information content (AvgIpc) is 3.04. The van der Waals surface area contributed by atoms with Gasteiger partial charge < -0.3 is 5.32 Å². The Morgan fingerprint density at radius 1 is 1.10 bits per heavy atom. The molecule has 0 aliphatic rings. The number of hydrogen-bond donors (Lipinski definition) is 1. The van der Waals surface area contributed by atoms with E-state index in [1.807, 2.05) is 6.92 Å². The monoisotopic (exact) mass is 301 g/mol. The maximum atomic E-state index is 4.32.